The third kappa shape index (κ3) is 2.57. The van der Waals surface area contributed by atoms with Crippen LogP contribution in [0, 0.1) is 12.8 Å². The highest BCUT2D eigenvalue weighted by Crippen LogP contribution is 2.36. The van der Waals surface area contributed by atoms with E-state index in [4.69, 9.17) is 0 Å². The second kappa shape index (κ2) is 5.86. The van der Waals surface area contributed by atoms with Gasteiger partial charge in [-0.2, -0.15) is 5.10 Å². The lowest BCUT2D eigenvalue weighted by Crippen LogP contribution is -2.41. The van der Waals surface area contributed by atoms with Crippen LogP contribution in [0.5, 0.6) is 0 Å². The van der Waals surface area contributed by atoms with Crippen LogP contribution in [0.2, 0.25) is 0 Å². The van der Waals surface area contributed by atoms with Crippen LogP contribution in [0.3, 0.4) is 0 Å². The first-order chi connectivity index (χ1) is 10.8. The monoisotopic (exact) mass is 311 g/mol. The van der Waals surface area contributed by atoms with Crippen molar-refractivity contribution in [3.63, 3.8) is 0 Å². The fraction of sp³-hybridized carbons (Fsp3) is 0.389. The van der Waals surface area contributed by atoms with Crippen LogP contribution in [0.1, 0.15) is 28.5 Å². The molecule has 2 unspecified atom stereocenters. The summed E-state index contributed by atoms with van der Waals surface area (Å²) in [6.45, 7) is 5.46. The van der Waals surface area contributed by atoms with Gasteiger partial charge in [-0.05, 0) is 29.5 Å². The van der Waals surface area contributed by atoms with Crippen molar-refractivity contribution in [1.29, 1.82) is 0 Å². The van der Waals surface area contributed by atoms with Crippen molar-refractivity contribution in [2.75, 3.05) is 13.1 Å². The molecular formula is C18H21N3S. The summed E-state index contributed by atoms with van der Waals surface area (Å²) in [7, 11) is 0. The van der Waals surface area contributed by atoms with Gasteiger partial charge in [0.2, 0.25) is 0 Å². The minimum absolute atomic E-state index is 0.369. The van der Waals surface area contributed by atoms with Gasteiger partial charge in [0.1, 0.15) is 0 Å². The molecule has 3 nitrogen and oxygen atoms in total. The average molecular weight is 311 g/mol. The number of likely N-dealkylation sites (tertiary alicyclic amines) is 1. The maximum Gasteiger partial charge on any atom is 0.0877 e. The molecule has 0 aliphatic carbocycles. The Balaban J connectivity index is 1.50. The molecule has 0 amide bonds. The Morgan fingerprint density at radius 2 is 2.14 bits per heavy atom. The SMILES string of the molecule is Cc1ccsc1C1NN=C2CCN(Cc3ccccc3)CC21. The highest BCUT2D eigenvalue weighted by Gasteiger charge is 2.37. The molecule has 0 spiro atoms. The van der Waals surface area contributed by atoms with Crippen molar-refractivity contribution in [3.8, 4) is 0 Å². The van der Waals surface area contributed by atoms with Gasteiger partial charge in [0, 0.05) is 42.6 Å². The van der Waals surface area contributed by atoms with Crippen LogP contribution in [-0.2, 0) is 6.54 Å². The fourth-order valence-corrected chi connectivity index (χ4v) is 4.58. The standard InChI is InChI=1S/C18H21N3S/c1-13-8-10-22-18(13)17-15-12-21(9-7-16(15)19-20-17)11-14-5-3-2-4-6-14/h2-6,8,10,15,17,20H,7,9,11-12H2,1H3. The first-order valence-electron chi connectivity index (χ1n) is 7.93. The summed E-state index contributed by atoms with van der Waals surface area (Å²) >= 11 is 1.85. The second-order valence-corrected chi connectivity index (χ2v) is 7.20. The lowest BCUT2D eigenvalue weighted by molar-refractivity contribution is 0.220. The predicted octanol–water partition coefficient (Wildman–Crippen LogP) is 3.58. The summed E-state index contributed by atoms with van der Waals surface area (Å²) in [6, 6.07) is 13.4. The van der Waals surface area contributed by atoms with Gasteiger partial charge in [0.05, 0.1) is 6.04 Å². The molecule has 1 fully saturated rings. The van der Waals surface area contributed by atoms with E-state index in [9.17, 15) is 0 Å². The number of aryl methyl sites for hydroxylation is 1. The molecular weight excluding hydrogens is 290 g/mol. The normalized spacial score (nSPS) is 24.7. The van der Waals surface area contributed by atoms with E-state index in [0.717, 1.165) is 26.1 Å². The Kier molecular flexibility index (Phi) is 3.72. The van der Waals surface area contributed by atoms with Gasteiger partial charge in [-0.15, -0.1) is 11.3 Å². The van der Waals surface area contributed by atoms with Crippen molar-refractivity contribution >= 4 is 17.0 Å². The van der Waals surface area contributed by atoms with E-state index in [-0.39, 0.29) is 0 Å². The molecule has 1 N–H and O–H groups in total. The molecule has 0 bridgehead atoms. The summed E-state index contributed by atoms with van der Waals surface area (Å²) < 4.78 is 0. The van der Waals surface area contributed by atoms with Crippen molar-refractivity contribution in [2.24, 2.45) is 11.0 Å². The zero-order valence-corrected chi connectivity index (χ0v) is 13.6. The molecule has 2 aromatic rings. The Hall–Kier alpha value is -1.65. The number of nitrogens with one attached hydrogen (secondary N) is 1. The van der Waals surface area contributed by atoms with Crippen LogP contribution in [0.25, 0.3) is 0 Å². The summed E-state index contributed by atoms with van der Waals surface area (Å²) in [5.74, 6) is 0.523. The van der Waals surface area contributed by atoms with E-state index in [1.807, 2.05) is 11.3 Å². The van der Waals surface area contributed by atoms with Gasteiger partial charge in [-0.25, -0.2) is 0 Å². The van der Waals surface area contributed by atoms with E-state index >= 15 is 0 Å². The molecule has 2 atom stereocenters. The zero-order chi connectivity index (χ0) is 14.9. The highest BCUT2D eigenvalue weighted by molar-refractivity contribution is 7.10. The lowest BCUT2D eigenvalue weighted by atomic mass is 9.88. The van der Waals surface area contributed by atoms with Gasteiger partial charge >= 0.3 is 0 Å². The van der Waals surface area contributed by atoms with E-state index in [1.54, 1.807) is 0 Å². The fourth-order valence-electron chi connectivity index (χ4n) is 3.54. The Morgan fingerprint density at radius 1 is 1.27 bits per heavy atom. The Morgan fingerprint density at radius 3 is 2.91 bits per heavy atom. The van der Waals surface area contributed by atoms with Crippen LogP contribution in [0.15, 0.2) is 46.9 Å². The van der Waals surface area contributed by atoms with Crippen LogP contribution >= 0.6 is 11.3 Å². The smallest absolute Gasteiger partial charge is 0.0877 e. The molecule has 22 heavy (non-hydrogen) atoms. The van der Waals surface area contributed by atoms with Crippen LogP contribution in [-0.4, -0.2) is 23.7 Å². The number of rotatable bonds is 3. The quantitative estimate of drug-likeness (QED) is 0.938. The number of nitrogens with zero attached hydrogens (tertiary/aromatic N) is 2. The van der Waals surface area contributed by atoms with E-state index in [0.29, 0.717) is 12.0 Å². The maximum absolute atomic E-state index is 4.62. The molecule has 2 aliphatic heterocycles. The third-order valence-electron chi connectivity index (χ3n) is 4.75. The molecule has 1 aromatic heterocycles. The van der Waals surface area contributed by atoms with Gasteiger partial charge < -0.3 is 5.43 Å². The van der Waals surface area contributed by atoms with Gasteiger partial charge in [-0.3, -0.25) is 4.90 Å². The van der Waals surface area contributed by atoms with Crippen molar-refractivity contribution in [3.05, 3.63) is 57.8 Å². The first kappa shape index (κ1) is 14.0. The number of thiophene rings is 1. The number of piperidine rings is 1. The Labute approximate surface area is 135 Å². The van der Waals surface area contributed by atoms with Crippen LogP contribution < -0.4 is 5.43 Å². The molecule has 2 aliphatic rings. The average Bonchev–Trinajstić information content (AvgIpc) is 3.14. The highest BCUT2D eigenvalue weighted by atomic mass is 32.1. The topological polar surface area (TPSA) is 27.6 Å². The molecule has 3 heterocycles. The van der Waals surface area contributed by atoms with Crippen LogP contribution in [0.4, 0.5) is 0 Å². The summed E-state index contributed by atoms with van der Waals surface area (Å²) in [5, 5.41) is 6.81. The molecule has 0 radical (unpaired) electrons. The Bertz CT molecular complexity index is 677. The number of hydrazone groups is 1. The third-order valence-corrected chi connectivity index (χ3v) is 5.85. The summed E-state index contributed by atoms with van der Waals surface area (Å²) in [5.41, 5.74) is 7.55. The van der Waals surface area contributed by atoms with E-state index in [2.05, 4.69) is 64.1 Å². The maximum atomic E-state index is 4.62. The summed E-state index contributed by atoms with van der Waals surface area (Å²) in [4.78, 5) is 4.02. The molecule has 0 saturated carbocycles. The zero-order valence-electron chi connectivity index (χ0n) is 12.8. The number of hydrogen-bond donors (Lipinski definition) is 1. The molecule has 114 valence electrons. The number of fused-ring (bicyclic) bond motifs is 1. The van der Waals surface area contributed by atoms with Gasteiger partial charge in [0.25, 0.3) is 0 Å². The lowest BCUT2D eigenvalue weighted by Gasteiger charge is -2.33. The molecule has 1 aromatic carbocycles. The van der Waals surface area contributed by atoms with Crippen molar-refractivity contribution in [2.45, 2.75) is 25.9 Å². The minimum Gasteiger partial charge on any atom is -0.301 e. The largest absolute Gasteiger partial charge is 0.301 e. The first-order valence-corrected chi connectivity index (χ1v) is 8.81. The number of benzene rings is 1. The van der Waals surface area contributed by atoms with E-state index in [1.165, 1.54) is 21.7 Å². The summed E-state index contributed by atoms with van der Waals surface area (Å²) in [6.07, 6.45) is 1.09. The molecule has 4 rings (SSSR count). The van der Waals surface area contributed by atoms with Crippen molar-refractivity contribution in [1.82, 2.24) is 10.3 Å². The number of hydrogen-bond acceptors (Lipinski definition) is 4. The molecule has 4 heteroatoms. The predicted molar refractivity (Wildman–Crippen MR) is 92.2 cm³/mol. The minimum atomic E-state index is 0.369. The van der Waals surface area contributed by atoms with E-state index < -0.39 is 0 Å². The second-order valence-electron chi connectivity index (χ2n) is 6.25. The van der Waals surface area contributed by atoms with Gasteiger partial charge in [0.15, 0.2) is 0 Å². The van der Waals surface area contributed by atoms with Gasteiger partial charge in [-0.1, -0.05) is 30.3 Å². The van der Waals surface area contributed by atoms with Crippen molar-refractivity contribution < 1.29 is 0 Å². The molecule has 1 saturated heterocycles.